The molecule has 3 aromatic rings. The van der Waals surface area contributed by atoms with E-state index in [0.29, 0.717) is 11.4 Å². The first-order valence-corrected chi connectivity index (χ1v) is 6.82. The highest BCUT2D eigenvalue weighted by Crippen LogP contribution is 2.16. The fraction of sp³-hybridized carbons (Fsp3) is 0.0625. The third-order valence-corrected chi connectivity index (χ3v) is 3.19. The van der Waals surface area contributed by atoms with Gasteiger partial charge in [0.1, 0.15) is 5.69 Å². The summed E-state index contributed by atoms with van der Waals surface area (Å²) in [7, 11) is 1.85. The van der Waals surface area contributed by atoms with Crippen LogP contribution < -0.4 is 10.6 Å². The molecule has 0 aliphatic carbocycles. The van der Waals surface area contributed by atoms with E-state index in [1.54, 1.807) is 24.4 Å². The van der Waals surface area contributed by atoms with Gasteiger partial charge in [-0.3, -0.25) is 9.89 Å². The van der Waals surface area contributed by atoms with Crippen molar-refractivity contribution in [1.29, 1.82) is 0 Å². The first-order chi connectivity index (χ1) is 10.8. The van der Waals surface area contributed by atoms with Crippen molar-refractivity contribution in [3.8, 4) is 11.4 Å². The number of nitrogens with zero attached hydrogens (tertiary/aromatic N) is 2. The Hall–Kier alpha value is -3.15. The highest BCUT2D eigenvalue weighted by atomic mass is 16.1. The van der Waals surface area contributed by atoms with Crippen LogP contribution in [-0.2, 0) is 0 Å². The zero-order valence-electron chi connectivity index (χ0n) is 12.0. The molecule has 0 radical (unpaired) electrons. The normalized spacial score (nSPS) is 10.2. The minimum Gasteiger partial charge on any atom is -0.388 e. The molecule has 22 heavy (non-hydrogen) atoms. The Morgan fingerprint density at radius 3 is 2.50 bits per heavy atom. The van der Waals surface area contributed by atoms with Gasteiger partial charge in [0, 0.05) is 24.6 Å². The number of aromatic amines is 1. The first kappa shape index (κ1) is 13.8. The predicted molar refractivity (Wildman–Crippen MR) is 85.8 cm³/mol. The third-order valence-electron chi connectivity index (χ3n) is 3.19. The molecule has 0 bridgehead atoms. The van der Waals surface area contributed by atoms with Gasteiger partial charge in [0.2, 0.25) is 0 Å². The molecule has 6 nitrogen and oxygen atoms in total. The lowest BCUT2D eigenvalue weighted by Gasteiger charge is -2.07. The quantitative estimate of drug-likeness (QED) is 0.690. The second-order valence-electron chi connectivity index (χ2n) is 4.66. The largest absolute Gasteiger partial charge is 0.388 e. The summed E-state index contributed by atoms with van der Waals surface area (Å²) < 4.78 is 0. The number of amides is 1. The van der Waals surface area contributed by atoms with E-state index in [4.69, 9.17) is 0 Å². The highest BCUT2D eigenvalue weighted by molar-refractivity contribution is 6.03. The molecule has 0 saturated carbocycles. The maximum Gasteiger partial charge on any atom is 0.274 e. The summed E-state index contributed by atoms with van der Waals surface area (Å²) in [5, 5.41) is 12.6. The van der Waals surface area contributed by atoms with E-state index in [9.17, 15) is 4.79 Å². The van der Waals surface area contributed by atoms with Crippen LogP contribution >= 0.6 is 0 Å². The maximum atomic E-state index is 12.3. The van der Waals surface area contributed by atoms with E-state index >= 15 is 0 Å². The second kappa shape index (κ2) is 6.09. The topological polar surface area (TPSA) is 82.7 Å². The van der Waals surface area contributed by atoms with Crippen molar-refractivity contribution in [1.82, 2.24) is 15.2 Å². The van der Waals surface area contributed by atoms with Crippen LogP contribution in [0, 0.1) is 0 Å². The molecule has 1 amide bonds. The summed E-state index contributed by atoms with van der Waals surface area (Å²) in [5.41, 5.74) is 3.50. The predicted octanol–water partition coefficient (Wildman–Crippen LogP) is 2.77. The number of anilines is 2. The van der Waals surface area contributed by atoms with E-state index in [2.05, 4.69) is 25.8 Å². The van der Waals surface area contributed by atoms with Crippen LogP contribution in [0.5, 0.6) is 0 Å². The number of pyridine rings is 1. The molecule has 110 valence electrons. The van der Waals surface area contributed by atoms with Crippen LogP contribution in [-0.4, -0.2) is 28.1 Å². The number of carbonyl (C=O) groups excluding carboxylic acids is 1. The second-order valence-corrected chi connectivity index (χ2v) is 4.66. The standard InChI is InChI=1S/C16H15N5O/c1-17-11-5-7-12(8-6-11)19-16(22)15-4-2-3-13(20-15)14-9-10-18-21-14/h2-10,17H,1H3,(H,18,21)(H,19,22). The summed E-state index contributed by atoms with van der Waals surface area (Å²) in [5.74, 6) is -0.251. The highest BCUT2D eigenvalue weighted by Gasteiger charge is 2.10. The van der Waals surface area contributed by atoms with Crippen molar-refractivity contribution in [2.75, 3.05) is 17.7 Å². The summed E-state index contributed by atoms with van der Waals surface area (Å²) >= 11 is 0. The summed E-state index contributed by atoms with van der Waals surface area (Å²) in [4.78, 5) is 16.6. The molecule has 0 unspecified atom stereocenters. The minimum absolute atomic E-state index is 0.251. The minimum atomic E-state index is -0.251. The molecule has 0 spiro atoms. The van der Waals surface area contributed by atoms with E-state index in [0.717, 1.165) is 17.1 Å². The molecular formula is C16H15N5O. The lowest BCUT2D eigenvalue weighted by Crippen LogP contribution is -2.13. The summed E-state index contributed by atoms with van der Waals surface area (Å²) in [6.45, 7) is 0. The number of benzene rings is 1. The molecule has 2 aromatic heterocycles. The molecule has 0 aliphatic heterocycles. The Labute approximate surface area is 127 Å². The summed E-state index contributed by atoms with van der Waals surface area (Å²) in [6, 6.07) is 14.6. The monoisotopic (exact) mass is 293 g/mol. The average Bonchev–Trinajstić information content (AvgIpc) is 3.10. The van der Waals surface area contributed by atoms with E-state index in [1.807, 2.05) is 37.4 Å². The summed E-state index contributed by atoms with van der Waals surface area (Å²) in [6.07, 6.45) is 1.65. The molecule has 0 atom stereocenters. The Morgan fingerprint density at radius 1 is 1.05 bits per heavy atom. The van der Waals surface area contributed by atoms with E-state index in [-0.39, 0.29) is 5.91 Å². The lowest BCUT2D eigenvalue weighted by molar-refractivity contribution is 0.102. The van der Waals surface area contributed by atoms with Crippen molar-refractivity contribution < 1.29 is 4.79 Å². The molecule has 2 heterocycles. The van der Waals surface area contributed by atoms with Crippen molar-refractivity contribution in [2.45, 2.75) is 0 Å². The van der Waals surface area contributed by atoms with E-state index in [1.165, 1.54) is 0 Å². The molecular weight excluding hydrogens is 278 g/mol. The van der Waals surface area contributed by atoms with Crippen LogP contribution in [0.3, 0.4) is 0 Å². The van der Waals surface area contributed by atoms with Gasteiger partial charge in [-0.15, -0.1) is 0 Å². The number of H-pyrrole nitrogens is 1. The molecule has 0 saturated heterocycles. The van der Waals surface area contributed by atoms with Gasteiger partial charge in [-0.1, -0.05) is 6.07 Å². The van der Waals surface area contributed by atoms with Gasteiger partial charge in [-0.25, -0.2) is 4.98 Å². The van der Waals surface area contributed by atoms with E-state index < -0.39 is 0 Å². The Bertz CT molecular complexity index is 765. The molecule has 0 aliphatic rings. The number of hydrogen-bond donors (Lipinski definition) is 3. The molecule has 0 fully saturated rings. The molecule has 1 aromatic carbocycles. The lowest BCUT2D eigenvalue weighted by atomic mass is 10.2. The third kappa shape index (κ3) is 2.95. The van der Waals surface area contributed by atoms with Gasteiger partial charge in [-0.2, -0.15) is 5.10 Å². The Morgan fingerprint density at radius 2 is 1.82 bits per heavy atom. The maximum absolute atomic E-state index is 12.3. The zero-order chi connectivity index (χ0) is 15.4. The molecule has 6 heteroatoms. The van der Waals surface area contributed by atoms with Crippen molar-refractivity contribution in [3.05, 3.63) is 60.4 Å². The van der Waals surface area contributed by atoms with Crippen LogP contribution in [0.25, 0.3) is 11.4 Å². The smallest absolute Gasteiger partial charge is 0.274 e. The molecule has 3 rings (SSSR count). The van der Waals surface area contributed by atoms with Crippen molar-refractivity contribution >= 4 is 17.3 Å². The number of aromatic nitrogens is 3. The fourth-order valence-electron chi connectivity index (χ4n) is 2.03. The van der Waals surface area contributed by atoms with Gasteiger partial charge in [0.05, 0.1) is 11.4 Å². The van der Waals surface area contributed by atoms with Crippen LogP contribution in [0.15, 0.2) is 54.7 Å². The Balaban J connectivity index is 1.78. The van der Waals surface area contributed by atoms with Crippen LogP contribution in [0.2, 0.25) is 0 Å². The van der Waals surface area contributed by atoms with Gasteiger partial charge < -0.3 is 10.6 Å². The first-order valence-electron chi connectivity index (χ1n) is 6.82. The SMILES string of the molecule is CNc1ccc(NC(=O)c2cccc(-c3ccn[nH]3)n2)cc1. The number of rotatable bonds is 4. The fourth-order valence-corrected chi connectivity index (χ4v) is 2.03. The number of carbonyl (C=O) groups is 1. The van der Waals surface area contributed by atoms with Crippen molar-refractivity contribution in [2.24, 2.45) is 0 Å². The van der Waals surface area contributed by atoms with Crippen LogP contribution in [0.4, 0.5) is 11.4 Å². The average molecular weight is 293 g/mol. The van der Waals surface area contributed by atoms with Gasteiger partial charge in [-0.05, 0) is 42.5 Å². The Kier molecular flexibility index (Phi) is 3.82. The van der Waals surface area contributed by atoms with Crippen molar-refractivity contribution in [3.63, 3.8) is 0 Å². The van der Waals surface area contributed by atoms with Gasteiger partial charge in [0.15, 0.2) is 0 Å². The van der Waals surface area contributed by atoms with Gasteiger partial charge in [0.25, 0.3) is 5.91 Å². The zero-order valence-corrected chi connectivity index (χ0v) is 12.0. The number of nitrogens with one attached hydrogen (secondary N) is 3. The van der Waals surface area contributed by atoms with Crippen LogP contribution in [0.1, 0.15) is 10.5 Å². The molecule has 3 N–H and O–H groups in total. The number of hydrogen-bond acceptors (Lipinski definition) is 4. The van der Waals surface area contributed by atoms with Gasteiger partial charge >= 0.3 is 0 Å².